The van der Waals surface area contributed by atoms with E-state index in [0.29, 0.717) is 0 Å². The van der Waals surface area contributed by atoms with E-state index < -0.39 is 0 Å². The molecule has 0 atom stereocenters. The highest BCUT2D eigenvalue weighted by atomic mass is 14.2. The fourth-order valence-corrected chi connectivity index (χ4v) is 4.48. The standard InChI is InChI=1S/C14H14.C14H10/c2*1-3-7-13-11(5-1)9-10-12-6-2-4-8-14(12)13/h1,3,5,7,9-10H,2,4,6,8H2;1-10H. The summed E-state index contributed by atoms with van der Waals surface area (Å²) in [7, 11) is 0. The van der Waals surface area contributed by atoms with Crippen LogP contribution in [0.25, 0.3) is 32.3 Å². The van der Waals surface area contributed by atoms with Crippen LogP contribution in [0.3, 0.4) is 0 Å². The minimum absolute atomic E-state index is 1.27. The Labute approximate surface area is 166 Å². The fourth-order valence-electron chi connectivity index (χ4n) is 4.48. The van der Waals surface area contributed by atoms with Crippen molar-refractivity contribution in [1.29, 1.82) is 0 Å². The van der Waals surface area contributed by atoms with Crippen molar-refractivity contribution in [2.45, 2.75) is 25.7 Å². The summed E-state index contributed by atoms with van der Waals surface area (Å²) in [6.45, 7) is 0. The minimum Gasteiger partial charge on any atom is -0.0616 e. The van der Waals surface area contributed by atoms with E-state index in [2.05, 4.69) is 97.1 Å². The first-order valence-electron chi connectivity index (χ1n) is 10.3. The molecule has 28 heavy (non-hydrogen) atoms. The Bertz CT molecular complexity index is 1210. The average molecular weight is 361 g/mol. The summed E-state index contributed by atoms with van der Waals surface area (Å²) in [5.41, 5.74) is 3.18. The lowest BCUT2D eigenvalue weighted by atomic mass is 9.88. The zero-order valence-corrected chi connectivity index (χ0v) is 16.1. The Morgan fingerprint density at radius 2 is 0.857 bits per heavy atom. The number of aryl methyl sites for hydroxylation is 2. The molecule has 0 bridgehead atoms. The molecule has 0 heterocycles. The van der Waals surface area contributed by atoms with Gasteiger partial charge in [0.25, 0.3) is 0 Å². The van der Waals surface area contributed by atoms with Gasteiger partial charge in [0.2, 0.25) is 0 Å². The lowest BCUT2D eigenvalue weighted by molar-refractivity contribution is 0.690. The highest BCUT2D eigenvalue weighted by molar-refractivity contribution is 6.07. The van der Waals surface area contributed by atoms with Gasteiger partial charge in [-0.15, -0.1) is 0 Å². The summed E-state index contributed by atoms with van der Waals surface area (Å²) >= 11 is 0. The van der Waals surface area contributed by atoms with Crippen molar-refractivity contribution in [3.05, 3.63) is 108 Å². The Morgan fingerprint density at radius 1 is 0.393 bits per heavy atom. The van der Waals surface area contributed by atoms with Crippen molar-refractivity contribution >= 4 is 32.3 Å². The van der Waals surface area contributed by atoms with E-state index in [4.69, 9.17) is 0 Å². The van der Waals surface area contributed by atoms with Gasteiger partial charge >= 0.3 is 0 Å². The van der Waals surface area contributed by atoms with Crippen molar-refractivity contribution in [2.24, 2.45) is 0 Å². The molecular formula is C28H24. The lowest BCUT2D eigenvalue weighted by Gasteiger charge is -2.17. The second-order valence-electron chi connectivity index (χ2n) is 7.64. The van der Waals surface area contributed by atoms with Gasteiger partial charge in [0.05, 0.1) is 0 Å². The molecule has 0 nitrogen and oxygen atoms in total. The van der Waals surface area contributed by atoms with Gasteiger partial charge in [0.1, 0.15) is 0 Å². The molecule has 0 amide bonds. The van der Waals surface area contributed by atoms with Crippen LogP contribution in [0.4, 0.5) is 0 Å². The molecule has 6 rings (SSSR count). The summed E-state index contributed by atoms with van der Waals surface area (Å²) < 4.78 is 0. The van der Waals surface area contributed by atoms with Crippen LogP contribution in [-0.4, -0.2) is 0 Å². The van der Waals surface area contributed by atoms with Crippen LogP contribution in [-0.2, 0) is 12.8 Å². The van der Waals surface area contributed by atoms with E-state index in [1.165, 1.54) is 58.0 Å². The maximum atomic E-state index is 2.32. The van der Waals surface area contributed by atoms with Gasteiger partial charge in [-0.2, -0.15) is 0 Å². The molecule has 0 aliphatic heterocycles. The SMILES string of the molecule is c1ccc2c(c1)ccc1ccccc12.c1ccc2c3c(ccc2c1)CCCC3. The van der Waals surface area contributed by atoms with E-state index in [-0.39, 0.29) is 0 Å². The second kappa shape index (κ2) is 7.48. The fraction of sp³-hybridized carbons (Fsp3) is 0.143. The monoisotopic (exact) mass is 360 g/mol. The molecule has 5 aromatic carbocycles. The van der Waals surface area contributed by atoms with Gasteiger partial charge in [-0.1, -0.05) is 97.1 Å². The van der Waals surface area contributed by atoms with E-state index in [1.54, 1.807) is 11.1 Å². The number of rotatable bonds is 0. The number of benzene rings is 5. The Hall–Kier alpha value is -3.12. The molecule has 0 unspecified atom stereocenters. The smallest absolute Gasteiger partial charge is 0.0105 e. The second-order valence-corrected chi connectivity index (χ2v) is 7.64. The summed E-state index contributed by atoms with van der Waals surface area (Å²) in [6, 6.07) is 34.7. The molecule has 1 aliphatic rings. The van der Waals surface area contributed by atoms with Crippen LogP contribution < -0.4 is 0 Å². The van der Waals surface area contributed by atoms with Crippen LogP contribution in [0.2, 0.25) is 0 Å². The maximum absolute atomic E-state index is 2.32. The number of hydrogen-bond acceptors (Lipinski definition) is 0. The quantitative estimate of drug-likeness (QED) is 0.248. The summed E-state index contributed by atoms with van der Waals surface area (Å²) in [5, 5.41) is 8.17. The first-order chi connectivity index (χ1) is 13.9. The largest absolute Gasteiger partial charge is 0.0616 e. The van der Waals surface area contributed by atoms with Crippen molar-refractivity contribution < 1.29 is 0 Å². The Morgan fingerprint density at radius 3 is 1.50 bits per heavy atom. The first kappa shape index (κ1) is 17.0. The molecule has 136 valence electrons. The van der Waals surface area contributed by atoms with Crippen LogP contribution in [0, 0.1) is 0 Å². The lowest BCUT2D eigenvalue weighted by Crippen LogP contribution is -2.02. The third kappa shape index (κ3) is 3.16. The molecule has 0 aromatic heterocycles. The average Bonchev–Trinajstić information content (AvgIpc) is 2.79. The number of hydrogen-bond donors (Lipinski definition) is 0. The van der Waals surface area contributed by atoms with Gasteiger partial charge in [0, 0.05) is 0 Å². The first-order valence-corrected chi connectivity index (χ1v) is 10.3. The van der Waals surface area contributed by atoms with Crippen molar-refractivity contribution in [2.75, 3.05) is 0 Å². The zero-order valence-electron chi connectivity index (χ0n) is 16.1. The normalized spacial score (nSPS) is 13.1. The molecule has 0 N–H and O–H groups in total. The molecule has 0 saturated carbocycles. The van der Waals surface area contributed by atoms with Crippen molar-refractivity contribution in [3.8, 4) is 0 Å². The molecule has 0 spiro atoms. The highest BCUT2D eigenvalue weighted by Gasteiger charge is 2.11. The van der Waals surface area contributed by atoms with Crippen LogP contribution in [0.5, 0.6) is 0 Å². The molecule has 0 fully saturated rings. The topological polar surface area (TPSA) is 0 Å². The van der Waals surface area contributed by atoms with E-state index in [9.17, 15) is 0 Å². The summed E-state index contributed by atoms with van der Waals surface area (Å²) in [6.07, 6.45) is 5.28. The number of fused-ring (bicyclic) bond motifs is 6. The zero-order chi connectivity index (χ0) is 18.8. The van der Waals surface area contributed by atoms with E-state index in [1.807, 2.05) is 0 Å². The van der Waals surface area contributed by atoms with E-state index >= 15 is 0 Å². The molecule has 0 heteroatoms. The molecular weight excluding hydrogens is 336 g/mol. The highest BCUT2D eigenvalue weighted by Crippen LogP contribution is 2.28. The van der Waals surface area contributed by atoms with Crippen molar-refractivity contribution in [3.63, 3.8) is 0 Å². The predicted octanol–water partition coefficient (Wildman–Crippen LogP) is 7.71. The maximum Gasteiger partial charge on any atom is -0.0105 e. The minimum atomic E-state index is 1.27. The predicted molar refractivity (Wildman–Crippen MR) is 122 cm³/mol. The Kier molecular flexibility index (Phi) is 4.54. The van der Waals surface area contributed by atoms with Crippen molar-refractivity contribution in [1.82, 2.24) is 0 Å². The third-order valence-electron chi connectivity index (χ3n) is 5.91. The molecule has 0 radical (unpaired) electrons. The van der Waals surface area contributed by atoms with Crippen LogP contribution in [0.1, 0.15) is 24.0 Å². The van der Waals surface area contributed by atoms with Crippen LogP contribution >= 0.6 is 0 Å². The third-order valence-corrected chi connectivity index (χ3v) is 5.91. The molecule has 5 aromatic rings. The van der Waals surface area contributed by atoms with Gasteiger partial charge in [-0.05, 0) is 69.1 Å². The van der Waals surface area contributed by atoms with Gasteiger partial charge < -0.3 is 0 Å². The van der Waals surface area contributed by atoms with Gasteiger partial charge in [-0.3, -0.25) is 0 Å². The Balaban J connectivity index is 0.000000122. The van der Waals surface area contributed by atoms with E-state index in [0.717, 1.165) is 0 Å². The molecule has 1 aliphatic carbocycles. The summed E-state index contributed by atoms with van der Waals surface area (Å²) in [4.78, 5) is 0. The van der Waals surface area contributed by atoms with Gasteiger partial charge in [-0.25, -0.2) is 0 Å². The summed E-state index contributed by atoms with van der Waals surface area (Å²) in [5.74, 6) is 0. The van der Waals surface area contributed by atoms with Crippen LogP contribution in [0.15, 0.2) is 97.1 Å². The van der Waals surface area contributed by atoms with Gasteiger partial charge in [0.15, 0.2) is 0 Å². The molecule has 0 saturated heterocycles.